The number of nitro groups is 1. The molecule has 1 aliphatic heterocycles. The predicted molar refractivity (Wildman–Crippen MR) is 68.4 cm³/mol. The molecule has 1 fully saturated rings. The Kier molecular flexibility index (Phi) is 3.69. The molecule has 0 bridgehead atoms. The number of hydrogen-bond donors (Lipinski definition) is 1. The molecule has 2 unspecified atom stereocenters. The van der Waals surface area contributed by atoms with Crippen molar-refractivity contribution in [2.75, 3.05) is 11.5 Å². The lowest BCUT2D eigenvalue weighted by Gasteiger charge is -2.14. The molecule has 2 rings (SSSR count). The molecule has 5 heteroatoms. The molecule has 1 aromatic carbocycles. The first-order chi connectivity index (χ1) is 8.09. The van der Waals surface area contributed by atoms with Gasteiger partial charge in [-0.15, -0.1) is 0 Å². The first-order valence-electron chi connectivity index (χ1n) is 5.58. The quantitative estimate of drug-likeness (QED) is 0.662. The van der Waals surface area contributed by atoms with Gasteiger partial charge in [0.2, 0.25) is 0 Å². The highest BCUT2D eigenvalue weighted by Gasteiger charge is 2.27. The van der Waals surface area contributed by atoms with Gasteiger partial charge < -0.3 is 5.11 Å². The standard InChI is InChI=1S/C12H15NO3S/c1-8-9(3-2-4-11(8)13(15)16)5-10-6-17-7-12(10)14/h2-4,10,12,14H,5-7H2,1H3. The van der Waals surface area contributed by atoms with Crippen molar-refractivity contribution in [1.82, 2.24) is 0 Å². The number of thioether (sulfide) groups is 1. The summed E-state index contributed by atoms with van der Waals surface area (Å²) < 4.78 is 0. The van der Waals surface area contributed by atoms with Gasteiger partial charge in [0.05, 0.1) is 11.0 Å². The summed E-state index contributed by atoms with van der Waals surface area (Å²) in [5.41, 5.74) is 1.87. The molecule has 4 nitrogen and oxygen atoms in total. The Morgan fingerprint density at radius 1 is 1.53 bits per heavy atom. The van der Waals surface area contributed by atoms with E-state index in [0.717, 1.165) is 29.1 Å². The number of nitro benzene ring substituents is 1. The number of nitrogens with zero attached hydrogens (tertiary/aromatic N) is 1. The molecule has 1 heterocycles. The van der Waals surface area contributed by atoms with Gasteiger partial charge in [-0.1, -0.05) is 12.1 Å². The van der Waals surface area contributed by atoms with Gasteiger partial charge in [-0.2, -0.15) is 11.8 Å². The molecule has 0 saturated carbocycles. The van der Waals surface area contributed by atoms with Crippen LogP contribution in [0.3, 0.4) is 0 Å². The van der Waals surface area contributed by atoms with Crippen molar-refractivity contribution in [3.8, 4) is 0 Å². The van der Waals surface area contributed by atoms with E-state index in [4.69, 9.17) is 0 Å². The average Bonchev–Trinajstić information content (AvgIpc) is 2.67. The second-order valence-electron chi connectivity index (χ2n) is 4.39. The number of hydrogen-bond acceptors (Lipinski definition) is 4. The highest BCUT2D eigenvalue weighted by molar-refractivity contribution is 7.99. The van der Waals surface area contributed by atoms with E-state index in [2.05, 4.69) is 0 Å². The summed E-state index contributed by atoms with van der Waals surface area (Å²) in [4.78, 5) is 10.5. The normalized spacial score (nSPS) is 23.9. The summed E-state index contributed by atoms with van der Waals surface area (Å²) in [5, 5.41) is 20.6. The molecule has 2 atom stereocenters. The third-order valence-corrected chi connectivity index (χ3v) is 4.50. The van der Waals surface area contributed by atoms with Gasteiger partial charge in [0.25, 0.3) is 5.69 Å². The summed E-state index contributed by atoms with van der Waals surface area (Å²) in [6.45, 7) is 1.78. The smallest absolute Gasteiger partial charge is 0.272 e. The van der Waals surface area contributed by atoms with Gasteiger partial charge in [0.1, 0.15) is 0 Å². The predicted octanol–water partition coefficient (Wildman–Crippen LogP) is 2.17. The van der Waals surface area contributed by atoms with Crippen LogP contribution in [-0.2, 0) is 6.42 Å². The molecule has 0 amide bonds. The fraction of sp³-hybridized carbons (Fsp3) is 0.500. The lowest BCUT2D eigenvalue weighted by Crippen LogP contribution is -2.20. The van der Waals surface area contributed by atoms with Crippen molar-refractivity contribution in [2.45, 2.75) is 19.4 Å². The van der Waals surface area contributed by atoms with E-state index >= 15 is 0 Å². The average molecular weight is 253 g/mol. The van der Waals surface area contributed by atoms with Crippen LogP contribution in [0.4, 0.5) is 5.69 Å². The van der Waals surface area contributed by atoms with Crippen molar-refractivity contribution < 1.29 is 10.0 Å². The van der Waals surface area contributed by atoms with Crippen LogP contribution in [0.25, 0.3) is 0 Å². The number of rotatable bonds is 3. The van der Waals surface area contributed by atoms with Crippen molar-refractivity contribution in [1.29, 1.82) is 0 Å². The monoisotopic (exact) mass is 253 g/mol. The second-order valence-corrected chi connectivity index (χ2v) is 5.46. The van der Waals surface area contributed by atoms with Gasteiger partial charge in [-0.3, -0.25) is 10.1 Å². The Balaban J connectivity index is 2.21. The number of aliphatic hydroxyl groups excluding tert-OH is 1. The SMILES string of the molecule is Cc1c(CC2CSCC2O)cccc1[N+](=O)[O-]. The Labute approximate surface area is 104 Å². The van der Waals surface area contributed by atoms with Crippen molar-refractivity contribution >= 4 is 17.4 Å². The summed E-state index contributed by atoms with van der Waals surface area (Å²) >= 11 is 1.74. The molecule has 0 aromatic heterocycles. The Morgan fingerprint density at radius 3 is 2.88 bits per heavy atom. The highest BCUT2D eigenvalue weighted by Crippen LogP contribution is 2.30. The van der Waals surface area contributed by atoms with Crippen LogP contribution in [0.1, 0.15) is 11.1 Å². The summed E-state index contributed by atoms with van der Waals surface area (Å²) in [6, 6.07) is 5.16. The van der Waals surface area contributed by atoms with E-state index < -0.39 is 0 Å². The third kappa shape index (κ3) is 2.61. The molecule has 17 heavy (non-hydrogen) atoms. The molecular formula is C12H15NO3S. The van der Waals surface area contributed by atoms with Crippen LogP contribution in [0, 0.1) is 23.0 Å². The van der Waals surface area contributed by atoms with E-state index in [0.29, 0.717) is 0 Å². The molecule has 1 aromatic rings. The highest BCUT2D eigenvalue weighted by atomic mass is 32.2. The second kappa shape index (κ2) is 5.06. The molecule has 0 spiro atoms. The van der Waals surface area contributed by atoms with Crippen LogP contribution in [0.5, 0.6) is 0 Å². The van der Waals surface area contributed by atoms with E-state index in [1.807, 2.05) is 6.07 Å². The summed E-state index contributed by atoms with van der Waals surface area (Å²) in [7, 11) is 0. The van der Waals surface area contributed by atoms with Crippen LogP contribution < -0.4 is 0 Å². The minimum atomic E-state index is -0.349. The van der Waals surface area contributed by atoms with Crippen molar-refractivity contribution in [3.63, 3.8) is 0 Å². The minimum Gasteiger partial charge on any atom is -0.392 e. The Hall–Kier alpha value is -1.07. The fourth-order valence-electron chi connectivity index (χ4n) is 2.15. The maximum absolute atomic E-state index is 10.8. The van der Waals surface area contributed by atoms with Crippen molar-refractivity contribution in [2.24, 2.45) is 5.92 Å². The third-order valence-electron chi connectivity index (χ3n) is 3.26. The first kappa shape index (κ1) is 12.4. The van der Waals surface area contributed by atoms with E-state index in [-0.39, 0.29) is 22.6 Å². The zero-order chi connectivity index (χ0) is 12.4. The van der Waals surface area contributed by atoms with E-state index in [1.54, 1.807) is 24.8 Å². The zero-order valence-electron chi connectivity index (χ0n) is 9.63. The molecule has 0 aliphatic carbocycles. The van der Waals surface area contributed by atoms with Crippen LogP contribution >= 0.6 is 11.8 Å². The molecule has 1 aliphatic rings. The minimum absolute atomic E-state index is 0.169. The fourth-order valence-corrected chi connectivity index (χ4v) is 3.45. The number of aliphatic hydroxyl groups is 1. The molecule has 1 saturated heterocycles. The molecule has 1 N–H and O–H groups in total. The Bertz CT molecular complexity index is 436. The van der Waals surface area contributed by atoms with Crippen LogP contribution in [0.15, 0.2) is 18.2 Å². The molecular weight excluding hydrogens is 238 g/mol. The largest absolute Gasteiger partial charge is 0.392 e. The summed E-state index contributed by atoms with van der Waals surface area (Å²) in [6.07, 6.45) is 0.445. The van der Waals surface area contributed by atoms with Crippen molar-refractivity contribution in [3.05, 3.63) is 39.4 Å². The lowest BCUT2D eigenvalue weighted by atomic mass is 9.93. The first-order valence-corrected chi connectivity index (χ1v) is 6.73. The van der Waals surface area contributed by atoms with Crippen LogP contribution in [-0.4, -0.2) is 27.6 Å². The molecule has 92 valence electrons. The maximum atomic E-state index is 10.8. The van der Waals surface area contributed by atoms with Gasteiger partial charge >= 0.3 is 0 Å². The van der Waals surface area contributed by atoms with E-state index in [1.165, 1.54) is 6.07 Å². The van der Waals surface area contributed by atoms with Gasteiger partial charge in [-0.25, -0.2) is 0 Å². The summed E-state index contributed by atoms with van der Waals surface area (Å²) in [5.74, 6) is 1.93. The van der Waals surface area contributed by atoms with Crippen LogP contribution in [0.2, 0.25) is 0 Å². The lowest BCUT2D eigenvalue weighted by molar-refractivity contribution is -0.385. The maximum Gasteiger partial charge on any atom is 0.272 e. The topological polar surface area (TPSA) is 63.4 Å². The van der Waals surface area contributed by atoms with Gasteiger partial charge in [-0.05, 0) is 30.6 Å². The zero-order valence-corrected chi connectivity index (χ0v) is 10.4. The van der Waals surface area contributed by atoms with Gasteiger partial charge in [0.15, 0.2) is 0 Å². The van der Waals surface area contributed by atoms with E-state index in [9.17, 15) is 15.2 Å². The van der Waals surface area contributed by atoms with Gasteiger partial charge in [0, 0.05) is 17.4 Å². The molecule has 0 radical (unpaired) electrons. The number of benzene rings is 1. The Morgan fingerprint density at radius 2 is 2.29 bits per heavy atom.